The number of nitrogens with zero attached hydrogens (tertiary/aromatic N) is 3. The summed E-state index contributed by atoms with van der Waals surface area (Å²) in [4.78, 5) is 21.2. The van der Waals surface area contributed by atoms with Crippen molar-refractivity contribution in [3.05, 3.63) is 35.5 Å². The van der Waals surface area contributed by atoms with Gasteiger partial charge in [-0.3, -0.25) is 4.79 Å². The standard InChI is InChI=1S/C17H16ClF2N3O/c18-15-2-1-11-13-8-21-9-23(13)12(16(11)22-15)7-14(24)10-3-5-17(19,20)6-4-10/h1-2,8-10,12H,3-7H2. The number of carbonyl (C=O) groups excluding carboxylic acids is 1. The van der Waals surface area contributed by atoms with Crippen LogP contribution in [0.4, 0.5) is 8.78 Å². The lowest BCUT2D eigenvalue weighted by Gasteiger charge is -2.28. The first kappa shape index (κ1) is 15.7. The molecule has 1 fully saturated rings. The fourth-order valence-electron chi connectivity index (χ4n) is 3.73. The van der Waals surface area contributed by atoms with Crippen molar-refractivity contribution < 1.29 is 13.6 Å². The molecule has 24 heavy (non-hydrogen) atoms. The molecule has 0 spiro atoms. The zero-order valence-corrected chi connectivity index (χ0v) is 13.6. The van der Waals surface area contributed by atoms with Crippen LogP contribution in [0.3, 0.4) is 0 Å². The van der Waals surface area contributed by atoms with Gasteiger partial charge in [-0.05, 0) is 25.0 Å². The van der Waals surface area contributed by atoms with Gasteiger partial charge in [0.2, 0.25) is 5.92 Å². The van der Waals surface area contributed by atoms with Gasteiger partial charge in [0, 0.05) is 30.7 Å². The number of carbonyl (C=O) groups is 1. The maximum atomic E-state index is 13.3. The van der Waals surface area contributed by atoms with Crippen LogP contribution in [0.2, 0.25) is 5.15 Å². The summed E-state index contributed by atoms with van der Waals surface area (Å²) < 4.78 is 28.5. The largest absolute Gasteiger partial charge is 0.321 e. The van der Waals surface area contributed by atoms with Crippen LogP contribution in [0.15, 0.2) is 24.7 Å². The van der Waals surface area contributed by atoms with Crippen molar-refractivity contribution in [2.45, 2.75) is 44.1 Å². The number of fused-ring (bicyclic) bond motifs is 3. The first-order valence-corrected chi connectivity index (χ1v) is 8.41. The molecule has 4 nitrogen and oxygen atoms in total. The molecular formula is C17H16ClF2N3O. The Balaban J connectivity index is 1.57. The van der Waals surface area contributed by atoms with Crippen LogP contribution >= 0.6 is 11.6 Å². The quantitative estimate of drug-likeness (QED) is 0.775. The van der Waals surface area contributed by atoms with E-state index in [0.717, 1.165) is 17.0 Å². The second-order valence-corrected chi connectivity index (χ2v) is 6.96. The molecule has 1 aliphatic heterocycles. The van der Waals surface area contributed by atoms with Gasteiger partial charge < -0.3 is 4.57 Å². The molecule has 2 aromatic rings. The molecule has 0 radical (unpaired) electrons. The van der Waals surface area contributed by atoms with E-state index < -0.39 is 5.92 Å². The highest BCUT2D eigenvalue weighted by Gasteiger charge is 2.39. The van der Waals surface area contributed by atoms with E-state index in [1.54, 1.807) is 18.6 Å². The first-order chi connectivity index (χ1) is 11.4. The molecule has 126 valence electrons. The van der Waals surface area contributed by atoms with Gasteiger partial charge in [0.15, 0.2) is 0 Å². The molecule has 4 rings (SSSR count). The number of alkyl halides is 2. The minimum atomic E-state index is -2.62. The molecule has 2 aromatic heterocycles. The van der Waals surface area contributed by atoms with Gasteiger partial charge in [-0.15, -0.1) is 0 Å². The van der Waals surface area contributed by atoms with E-state index in [1.165, 1.54) is 0 Å². The average molecular weight is 352 g/mol. The second-order valence-electron chi connectivity index (χ2n) is 6.57. The van der Waals surface area contributed by atoms with E-state index in [0.29, 0.717) is 5.15 Å². The van der Waals surface area contributed by atoms with Crippen LogP contribution < -0.4 is 0 Å². The van der Waals surface area contributed by atoms with Gasteiger partial charge >= 0.3 is 0 Å². The molecule has 1 saturated carbocycles. The minimum Gasteiger partial charge on any atom is -0.321 e. The molecule has 3 heterocycles. The van der Waals surface area contributed by atoms with E-state index in [2.05, 4.69) is 9.97 Å². The Morgan fingerprint density at radius 2 is 2.08 bits per heavy atom. The Hall–Kier alpha value is -1.82. The third kappa shape index (κ3) is 2.62. The number of ketones is 1. The Bertz CT molecular complexity index is 795. The van der Waals surface area contributed by atoms with Crippen LogP contribution in [0, 0.1) is 5.92 Å². The Labute approximate surface area is 142 Å². The molecule has 2 aliphatic rings. The van der Waals surface area contributed by atoms with Crippen LogP contribution in [0.25, 0.3) is 11.3 Å². The fourth-order valence-corrected chi connectivity index (χ4v) is 3.88. The molecule has 1 aliphatic carbocycles. The third-order valence-corrected chi connectivity index (χ3v) is 5.26. The van der Waals surface area contributed by atoms with Crippen molar-refractivity contribution >= 4 is 17.4 Å². The smallest absolute Gasteiger partial charge is 0.248 e. The molecule has 0 N–H and O–H groups in total. The summed E-state index contributed by atoms with van der Waals surface area (Å²) in [5.41, 5.74) is 2.58. The van der Waals surface area contributed by atoms with Crippen molar-refractivity contribution in [3.63, 3.8) is 0 Å². The van der Waals surface area contributed by atoms with Crippen molar-refractivity contribution in [3.8, 4) is 11.3 Å². The summed E-state index contributed by atoms with van der Waals surface area (Å²) in [6.07, 6.45) is 3.75. The lowest BCUT2D eigenvalue weighted by atomic mass is 9.82. The maximum absolute atomic E-state index is 13.3. The van der Waals surface area contributed by atoms with Crippen molar-refractivity contribution in [1.29, 1.82) is 0 Å². The SMILES string of the molecule is O=C(CC1c2nc(Cl)ccc2-c2cncn21)C1CCC(F)(F)CC1. The molecule has 7 heteroatoms. The van der Waals surface area contributed by atoms with Crippen molar-refractivity contribution in [2.24, 2.45) is 5.92 Å². The highest BCUT2D eigenvalue weighted by Crippen LogP contribution is 2.42. The highest BCUT2D eigenvalue weighted by atomic mass is 35.5. The van der Waals surface area contributed by atoms with Crippen molar-refractivity contribution in [1.82, 2.24) is 14.5 Å². The Morgan fingerprint density at radius 1 is 1.33 bits per heavy atom. The third-order valence-electron chi connectivity index (χ3n) is 5.05. The van der Waals surface area contributed by atoms with Crippen molar-refractivity contribution in [2.75, 3.05) is 0 Å². The molecule has 0 amide bonds. The predicted molar refractivity (Wildman–Crippen MR) is 85.1 cm³/mol. The number of rotatable bonds is 3. The Kier molecular flexibility index (Phi) is 3.67. The minimum absolute atomic E-state index is 0.0183. The zero-order chi connectivity index (χ0) is 16.9. The van der Waals surface area contributed by atoms with Gasteiger partial charge in [-0.1, -0.05) is 11.6 Å². The van der Waals surface area contributed by atoms with E-state index in [9.17, 15) is 13.6 Å². The van der Waals surface area contributed by atoms with Crippen LogP contribution in [0.1, 0.15) is 43.8 Å². The van der Waals surface area contributed by atoms with E-state index in [4.69, 9.17) is 11.6 Å². The van der Waals surface area contributed by atoms with E-state index in [-0.39, 0.29) is 49.8 Å². The molecule has 1 atom stereocenters. The second kappa shape index (κ2) is 5.62. The predicted octanol–water partition coefficient (Wildman–Crippen LogP) is 4.29. The summed E-state index contributed by atoms with van der Waals surface area (Å²) in [5.74, 6) is -2.90. The number of pyridine rings is 1. The topological polar surface area (TPSA) is 47.8 Å². The van der Waals surface area contributed by atoms with Gasteiger partial charge in [-0.25, -0.2) is 18.7 Å². The molecule has 0 aromatic carbocycles. The monoisotopic (exact) mass is 351 g/mol. The average Bonchev–Trinajstić information content (AvgIpc) is 3.10. The van der Waals surface area contributed by atoms with Crippen LogP contribution in [-0.4, -0.2) is 26.2 Å². The summed E-state index contributed by atoms with van der Waals surface area (Å²) in [6, 6.07) is 3.33. The lowest BCUT2D eigenvalue weighted by molar-refractivity contribution is -0.127. The maximum Gasteiger partial charge on any atom is 0.248 e. The summed E-state index contributed by atoms with van der Waals surface area (Å²) in [6.45, 7) is 0. The van der Waals surface area contributed by atoms with Gasteiger partial charge in [-0.2, -0.15) is 0 Å². The van der Waals surface area contributed by atoms with Crippen LogP contribution in [-0.2, 0) is 4.79 Å². The molecule has 0 bridgehead atoms. The van der Waals surface area contributed by atoms with E-state index >= 15 is 0 Å². The van der Waals surface area contributed by atoms with Gasteiger partial charge in [0.1, 0.15) is 10.9 Å². The normalized spacial score (nSPS) is 22.2. The Morgan fingerprint density at radius 3 is 2.83 bits per heavy atom. The number of hydrogen-bond acceptors (Lipinski definition) is 3. The van der Waals surface area contributed by atoms with E-state index in [1.807, 2.05) is 10.6 Å². The lowest BCUT2D eigenvalue weighted by Crippen LogP contribution is -2.29. The summed E-state index contributed by atoms with van der Waals surface area (Å²) in [7, 11) is 0. The summed E-state index contributed by atoms with van der Waals surface area (Å²) >= 11 is 6.01. The van der Waals surface area contributed by atoms with Gasteiger partial charge in [0.25, 0.3) is 0 Å². The zero-order valence-electron chi connectivity index (χ0n) is 12.9. The number of Topliss-reactive ketones (excluding diaryl/α,β-unsaturated/α-hetero) is 1. The number of hydrogen-bond donors (Lipinski definition) is 0. The molecule has 1 unspecified atom stereocenters. The first-order valence-electron chi connectivity index (χ1n) is 8.04. The molecular weight excluding hydrogens is 336 g/mol. The molecule has 0 saturated heterocycles. The summed E-state index contributed by atoms with van der Waals surface area (Å²) in [5, 5.41) is 0.377. The van der Waals surface area contributed by atoms with Crippen LogP contribution in [0.5, 0.6) is 0 Å². The number of imidazole rings is 1. The van der Waals surface area contributed by atoms with Gasteiger partial charge in [0.05, 0.1) is 30.0 Å². The number of aromatic nitrogens is 3. The number of halogens is 3. The highest BCUT2D eigenvalue weighted by molar-refractivity contribution is 6.29. The fraction of sp³-hybridized carbons (Fsp3) is 0.471.